The number of aryl methyl sites for hydroxylation is 1. The molecule has 1 amide bonds. The summed E-state index contributed by atoms with van der Waals surface area (Å²) >= 11 is 1.55. The largest absolute Gasteiger partial charge is 0.345 e. The monoisotopic (exact) mass is 224 g/mol. The molecule has 2 N–H and O–H groups in total. The first-order valence-electron chi connectivity index (χ1n) is 5.19. The second kappa shape index (κ2) is 3.94. The van der Waals surface area contributed by atoms with Crippen LogP contribution in [0.25, 0.3) is 0 Å². The molecular weight excluding hydrogens is 208 g/mol. The van der Waals surface area contributed by atoms with Gasteiger partial charge in [-0.2, -0.15) is 0 Å². The van der Waals surface area contributed by atoms with Crippen molar-refractivity contribution in [1.82, 2.24) is 10.6 Å². The molecule has 1 atom stereocenters. The summed E-state index contributed by atoms with van der Waals surface area (Å²) < 4.78 is 0. The molecule has 2 rings (SSSR count). The number of rotatable bonds is 2. The Morgan fingerprint density at radius 3 is 2.93 bits per heavy atom. The van der Waals surface area contributed by atoms with Gasteiger partial charge in [0.1, 0.15) is 0 Å². The van der Waals surface area contributed by atoms with Crippen LogP contribution in [0, 0.1) is 6.92 Å². The molecule has 82 valence electrons. The van der Waals surface area contributed by atoms with Crippen LogP contribution in [0.4, 0.5) is 0 Å². The van der Waals surface area contributed by atoms with E-state index < -0.39 is 0 Å². The molecule has 4 heteroatoms. The van der Waals surface area contributed by atoms with Gasteiger partial charge in [-0.3, -0.25) is 4.79 Å². The summed E-state index contributed by atoms with van der Waals surface area (Å²) in [5.41, 5.74) is -0.0744. The minimum Gasteiger partial charge on any atom is -0.345 e. The van der Waals surface area contributed by atoms with Crippen molar-refractivity contribution < 1.29 is 4.79 Å². The minimum atomic E-state index is -0.0744. The lowest BCUT2D eigenvalue weighted by Gasteiger charge is -2.23. The second-order valence-electron chi connectivity index (χ2n) is 4.35. The molecule has 15 heavy (non-hydrogen) atoms. The average Bonchev–Trinajstić information content (AvgIpc) is 2.75. The summed E-state index contributed by atoms with van der Waals surface area (Å²) in [6.45, 7) is 5.95. The van der Waals surface area contributed by atoms with Crippen molar-refractivity contribution in [3.8, 4) is 0 Å². The summed E-state index contributed by atoms with van der Waals surface area (Å²) in [6, 6.07) is 3.87. The third-order valence-electron chi connectivity index (χ3n) is 2.75. The van der Waals surface area contributed by atoms with Gasteiger partial charge < -0.3 is 10.6 Å². The Bertz CT molecular complexity index is 366. The van der Waals surface area contributed by atoms with E-state index in [-0.39, 0.29) is 11.4 Å². The van der Waals surface area contributed by atoms with Crippen LogP contribution in [0.2, 0.25) is 0 Å². The van der Waals surface area contributed by atoms with Crippen LogP contribution in [0.5, 0.6) is 0 Å². The van der Waals surface area contributed by atoms with Gasteiger partial charge in [0, 0.05) is 11.4 Å². The fourth-order valence-electron chi connectivity index (χ4n) is 1.82. The number of hydrogen-bond donors (Lipinski definition) is 2. The molecule has 2 heterocycles. The summed E-state index contributed by atoms with van der Waals surface area (Å²) in [5.74, 6) is 0.0549. The molecule has 0 spiro atoms. The topological polar surface area (TPSA) is 41.1 Å². The molecule has 1 saturated heterocycles. The normalized spacial score (nSPS) is 25.5. The van der Waals surface area contributed by atoms with Crippen LogP contribution in [-0.2, 0) is 0 Å². The molecule has 0 radical (unpaired) electrons. The SMILES string of the molecule is Cc1ccc(C(=O)NC2(C)CCNC2)s1. The van der Waals surface area contributed by atoms with Gasteiger partial charge in [-0.1, -0.05) is 0 Å². The molecule has 3 nitrogen and oxygen atoms in total. The van der Waals surface area contributed by atoms with Crippen molar-refractivity contribution in [3.05, 3.63) is 21.9 Å². The van der Waals surface area contributed by atoms with Gasteiger partial charge in [-0.15, -0.1) is 11.3 Å². The van der Waals surface area contributed by atoms with Gasteiger partial charge in [-0.25, -0.2) is 0 Å². The van der Waals surface area contributed by atoms with E-state index in [1.54, 1.807) is 11.3 Å². The zero-order chi connectivity index (χ0) is 10.9. The van der Waals surface area contributed by atoms with Crippen molar-refractivity contribution >= 4 is 17.2 Å². The lowest BCUT2D eigenvalue weighted by molar-refractivity contribution is 0.0917. The Morgan fingerprint density at radius 2 is 2.40 bits per heavy atom. The Labute approximate surface area is 93.9 Å². The lowest BCUT2D eigenvalue weighted by atomic mass is 10.0. The summed E-state index contributed by atoms with van der Waals surface area (Å²) in [5, 5.41) is 6.36. The quantitative estimate of drug-likeness (QED) is 0.800. The van der Waals surface area contributed by atoms with Crippen molar-refractivity contribution in [2.24, 2.45) is 0 Å². The molecular formula is C11H16N2OS. The molecule has 1 fully saturated rings. The van der Waals surface area contributed by atoms with Crippen LogP contribution < -0.4 is 10.6 Å². The molecule has 0 saturated carbocycles. The van der Waals surface area contributed by atoms with Crippen LogP contribution >= 0.6 is 11.3 Å². The maximum absolute atomic E-state index is 11.9. The van der Waals surface area contributed by atoms with Gasteiger partial charge in [0.05, 0.1) is 10.4 Å². The van der Waals surface area contributed by atoms with Gasteiger partial charge in [0.2, 0.25) is 0 Å². The number of amides is 1. The van der Waals surface area contributed by atoms with E-state index in [0.29, 0.717) is 0 Å². The standard InChI is InChI=1S/C11H16N2OS/c1-8-3-4-9(15-8)10(14)13-11(2)5-6-12-7-11/h3-4,12H,5-7H2,1-2H3,(H,13,14). The van der Waals surface area contributed by atoms with Gasteiger partial charge >= 0.3 is 0 Å². The Kier molecular flexibility index (Phi) is 2.80. The van der Waals surface area contributed by atoms with Crippen molar-refractivity contribution in [2.45, 2.75) is 25.8 Å². The van der Waals surface area contributed by atoms with E-state index in [1.807, 2.05) is 19.1 Å². The van der Waals surface area contributed by atoms with Crippen LogP contribution in [-0.4, -0.2) is 24.5 Å². The Hall–Kier alpha value is -0.870. The highest BCUT2D eigenvalue weighted by Crippen LogP contribution is 2.18. The first kappa shape index (κ1) is 10.6. The number of thiophene rings is 1. The fourth-order valence-corrected chi connectivity index (χ4v) is 2.58. The highest BCUT2D eigenvalue weighted by atomic mass is 32.1. The van der Waals surface area contributed by atoms with Crippen molar-refractivity contribution in [1.29, 1.82) is 0 Å². The van der Waals surface area contributed by atoms with E-state index in [1.165, 1.54) is 4.88 Å². The van der Waals surface area contributed by atoms with Crippen LogP contribution in [0.1, 0.15) is 27.9 Å². The number of carbonyl (C=O) groups is 1. The second-order valence-corrected chi connectivity index (χ2v) is 5.64. The molecule has 1 aromatic rings. The summed E-state index contributed by atoms with van der Waals surface area (Å²) in [4.78, 5) is 13.9. The average molecular weight is 224 g/mol. The third-order valence-corrected chi connectivity index (χ3v) is 3.75. The number of hydrogen-bond acceptors (Lipinski definition) is 3. The minimum absolute atomic E-state index is 0.0549. The molecule has 0 aromatic carbocycles. The molecule has 1 aromatic heterocycles. The number of nitrogens with one attached hydrogen (secondary N) is 2. The summed E-state index contributed by atoms with van der Waals surface area (Å²) in [6.07, 6.45) is 1.00. The molecule has 0 bridgehead atoms. The third kappa shape index (κ3) is 2.38. The van der Waals surface area contributed by atoms with E-state index >= 15 is 0 Å². The fraction of sp³-hybridized carbons (Fsp3) is 0.545. The van der Waals surface area contributed by atoms with Crippen LogP contribution in [0.3, 0.4) is 0 Å². The van der Waals surface area contributed by atoms with Crippen LogP contribution in [0.15, 0.2) is 12.1 Å². The Morgan fingerprint density at radius 1 is 1.60 bits per heavy atom. The summed E-state index contributed by atoms with van der Waals surface area (Å²) in [7, 11) is 0. The molecule has 1 aliphatic heterocycles. The van der Waals surface area contributed by atoms with E-state index in [2.05, 4.69) is 17.6 Å². The zero-order valence-corrected chi connectivity index (χ0v) is 9.91. The Balaban J connectivity index is 2.03. The first-order valence-corrected chi connectivity index (χ1v) is 6.00. The highest BCUT2D eigenvalue weighted by Gasteiger charge is 2.30. The van der Waals surface area contributed by atoms with E-state index in [0.717, 1.165) is 24.4 Å². The maximum Gasteiger partial charge on any atom is 0.261 e. The predicted octanol–water partition coefficient (Wildman–Crippen LogP) is 1.54. The highest BCUT2D eigenvalue weighted by molar-refractivity contribution is 7.13. The maximum atomic E-state index is 11.9. The van der Waals surface area contributed by atoms with Gasteiger partial charge in [-0.05, 0) is 38.9 Å². The number of carbonyl (C=O) groups excluding carboxylic acids is 1. The van der Waals surface area contributed by atoms with E-state index in [4.69, 9.17) is 0 Å². The molecule has 1 aliphatic rings. The predicted molar refractivity (Wildman–Crippen MR) is 62.4 cm³/mol. The lowest BCUT2D eigenvalue weighted by Crippen LogP contribution is -2.47. The first-order chi connectivity index (χ1) is 7.09. The smallest absolute Gasteiger partial charge is 0.261 e. The van der Waals surface area contributed by atoms with E-state index in [9.17, 15) is 4.79 Å². The van der Waals surface area contributed by atoms with Gasteiger partial charge in [0.25, 0.3) is 5.91 Å². The molecule has 0 aliphatic carbocycles. The van der Waals surface area contributed by atoms with Crippen molar-refractivity contribution in [3.63, 3.8) is 0 Å². The molecule has 1 unspecified atom stereocenters. The van der Waals surface area contributed by atoms with Gasteiger partial charge in [0.15, 0.2) is 0 Å². The van der Waals surface area contributed by atoms with Crippen molar-refractivity contribution in [2.75, 3.05) is 13.1 Å². The zero-order valence-electron chi connectivity index (χ0n) is 9.09.